The molecule has 1 aliphatic rings. The fourth-order valence-corrected chi connectivity index (χ4v) is 5.48. The highest BCUT2D eigenvalue weighted by atomic mass is 35.5. The lowest BCUT2D eigenvalue weighted by molar-refractivity contribution is -0.119. The van der Waals surface area contributed by atoms with Gasteiger partial charge in [0.2, 0.25) is 5.91 Å². The maximum Gasteiger partial charge on any atom is 0.256 e. The van der Waals surface area contributed by atoms with Gasteiger partial charge in [-0.15, -0.1) is 0 Å². The van der Waals surface area contributed by atoms with Crippen LogP contribution in [0.25, 0.3) is 10.2 Å². The molecule has 1 N–H and O–H groups in total. The fraction of sp³-hybridized carbons (Fsp3) is 0.250. The number of anilines is 1. The lowest BCUT2D eigenvalue weighted by Crippen LogP contribution is -2.43. The van der Waals surface area contributed by atoms with E-state index in [1.807, 2.05) is 0 Å². The zero-order valence-corrected chi connectivity index (χ0v) is 19.4. The number of thiazole rings is 1. The van der Waals surface area contributed by atoms with Crippen LogP contribution in [0.15, 0.2) is 41.3 Å². The molecule has 1 atom stereocenters. The van der Waals surface area contributed by atoms with Crippen LogP contribution < -0.4 is 5.32 Å². The van der Waals surface area contributed by atoms with E-state index in [1.54, 1.807) is 18.2 Å². The van der Waals surface area contributed by atoms with Gasteiger partial charge in [-0.05, 0) is 49.2 Å². The van der Waals surface area contributed by atoms with Gasteiger partial charge in [-0.3, -0.25) is 9.59 Å². The van der Waals surface area contributed by atoms with Gasteiger partial charge in [-0.1, -0.05) is 34.5 Å². The quantitative estimate of drug-likeness (QED) is 0.580. The summed E-state index contributed by atoms with van der Waals surface area (Å²) in [4.78, 5) is 31.9. The number of rotatable bonds is 4. The number of benzene rings is 2. The van der Waals surface area contributed by atoms with Crippen molar-refractivity contribution < 1.29 is 18.0 Å². The number of carbonyl (C=O) groups excluding carboxylic acids is 2. The van der Waals surface area contributed by atoms with Gasteiger partial charge in [0.05, 0.1) is 25.7 Å². The number of sulfone groups is 1. The first-order valence-electron chi connectivity index (χ1n) is 9.31. The van der Waals surface area contributed by atoms with Crippen LogP contribution in [0.1, 0.15) is 23.2 Å². The van der Waals surface area contributed by atoms with Crippen LogP contribution >= 0.6 is 34.5 Å². The molecule has 0 spiro atoms. The lowest BCUT2D eigenvalue weighted by Gasteiger charge is -2.24. The maximum atomic E-state index is 13.0. The number of amides is 2. The van der Waals surface area contributed by atoms with Crippen molar-refractivity contribution in [2.45, 2.75) is 23.8 Å². The van der Waals surface area contributed by atoms with Gasteiger partial charge < -0.3 is 10.2 Å². The Labute approximate surface area is 192 Å². The molecule has 1 aliphatic heterocycles. The second kappa shape index (κ2) is 8.38. The van der Waals surface area contributed by atoms with E-state index in [-0.39, 0.29) is 27.3 Å². The zero-order valence-electron chi connectivity index (χ0n) is 16.3. The molecule has 0 aliphatic carbocycles. The predicted octanol–water partition coefficient (Wildman–Crippen LogP) is 4.25. The SMILES string of the molecule is CS(=O)(=O)c1ccc2nc(NC(=O)C3CCCN3C(=O)c3cc(Cl)ccc3Cl)sc2c1. The van der Waals surface area contributed by atoms with Crippen molar-refractivity contribution in [1.82, 2.24) is 9.88 Å². The summed E-state index contributed by atoms with van der Waals surface area (Å²) in [6.07, 6.45) is 2.33. The number of likely N-dealkylation sites (tertiary alicyclic amines) is 1. The van der Waals surface area contributed by atoms with E-state index in [0.29, 0.717) is 39.8 Å². The molecule has 0 saturated carbocycles. The molecular weight excluding hydrogens is 481 g/mol. The lowest BCUT2D eigenvalue weighted by atomic mass is 10.1. The molecule has 162 valence electrons. The Morgan fingerprint density at radius 3 is 2.71 bits per heavy atom. The Morgan fingerprint density at radius 2 is 1.97 bits per heavy atom. The van der Waals surface area contributed by atoms with Crippen LogP contribution in [-0.4, -0.2) is 49.0 Å². The van der Waals surface area contributed by atoms with Crippen molar-refractivity contribution in [3.05, 3.63) is 52.0 Å². The van der Waals surface area contributed by atoms with Crippen molar-refractivity contribution in [3.63, 3.8) is 0 Å². The average Bonchev–Trinajstić information content (AvgIpc) is 3.34. The van der Waals surface area contributed by atoms with Crippen LogP contribution in [0.2, 0.25) is 10.0 Å². The number of carbonyl (C=O) groups is 2. The molecule has 2 heterocycles. The zero-order chi connectivity index (χ0) is 22.3. The number of nitrogens with one attached hydrogen (secondary N) is 1. The second-order valence-corrected chi connectivity index (χ2v) is 11.1. The monoisotopic (exact) mass is 497 g/mol. The molecular formula is C20H17Cl2N3O4S2. The standard InChI is InChI=1S/C20H17Cl2N3O4S2/c1-31(28,29)12-5-7-15-17(10-12)30-20(23-15)24-18(26)16-3-2-8-25(16)19(27)13-9-11(21)4-6-14(13)22/h4-7,9-10,16H,2-3,8H2,1H3,(H,23,24,26). The predicted molar refractivity (Wildman–Crippen MR) is 122 cm³/mol. The summed E-state index contributed by atoms with van der Waals surface area (Å²) in [6, 6.07) is 8.59. The van der Waals surface area contributed by atoms with Crippen molar-refractivity contribution in [1.29, 1.82) is 0 Å². The highest BCUT2D eigenvalue weighted by Crippen LogP contribution is 2.30. The number of fused-ring (bicyclic) bond motifs is 1. The van der Waals surface area contributed by atoms with Crippen LogP contribution in [0.4, 0.5) is 5.13 Å². The third kappa shape index (κ3) is 4.55. The summed E-state index contributed by atoms with van der Waals surface area (Å²) in [5, 5.41) is 3.76. The van der Waals surface area contributed by atoms with Crippen LogP contribution in [0, 0.1) is 0 Å². The van der Waals surface area contributed by atoms with E-state index in [0.717, 1.165) is 6.26 Å². The number of halogens is 2. The largest absolute Gasteiger partial charge is 0.327 e. The van der Waals surface area contributed by atoms with E-state index < -0.39 is 15.9 Å². The average molecular weight is 498 g/mol. The van der Waals surface area contributed by atoms with Crippen LogP contribution in [0.3, 0.4) is 0 Å². The highest BCUT2D eigenvalue weighted by molar-refractivity contribution is 7.90. The minimum atomic E-state index is -3.34. The van der Waals surface area contributed by atoms with Gasteiger partial charge >= 0.3 is 0 Å². The van der Waals surface area contributed by atoms with Gasteiger partial charge in [-0.25, -0.2) is 13.4 Å². The molecule has 0 radical (unpaired) electrons. The number of hydrogen-bond acceptors (Lipinski definition) is 6. The molecule has 1 unspecified atom stereocenters. The summed E-state index contributed by atoms with van der Waals surface area (Å²) < 4.78 is 24.2. The molecule has 1 aromatic heterocycles. The molecule has 31 heavy (non-hydrogen) atoms. The first kappa shape index (κ1) is 22.0. The Balaban J connectivity index is 1.55. The maximum absolute atomic E-state index is 13.0. The summed E-state index contributed by atoms with van der Waals surface area (Å²) in [7, 11) is -3.34. The Kier molecular flexibility index (Phi) is 5.95. The van der Waals surface area contributed by atoms with Gasteiger partial charge in [0.25, 0.3) is 5.91 Å². The van der Waals surface area contributed by atoms with Gasteiger partial charge in [0.15, 0.2) is 15.0 Å². The summed E-state index contributed by atoms with van der Waals surface area (Å²) in [6.45, 7) is 0.428. The second-order valence-electron chi connectivity index (χ2n) is 7.19. The Morgan fingerprint density at radius 1 is 1.19 bits per heavy atom. The minimum Gasteiger partial charge on any atom is -0.327 e. The van der Waals surface area contributed by atoms with E-state index in [2.05, 4.69) is 10.3 Å². The van der Waals surface area contributed by atoms with E-state index in [4.69, 9.17) is 23.2 Å². The summed E-state index contributed by atoms with van der Waals surface area (Å²) in [5.41, 5.74) is 0.833. The van der Waals surface area contributed by atoms with Gasteiger partial charge in [-0.2, -0.15) is 0 Å². The highest BCUT2D eigenvalue weighted by Gasteiger charge is 2.35. The number of nitrogens with zero attached hydrogens (tertiary/aromatic N) is 2. The van der Waals surface area contributed by atoms with Crippen molar-refractivity contribution in [2.24, 2.45) is 0 Å². The molecule has 1 fully saturated rings. The van der Waals surface area contributed by atoms with Crippen molar-refractivity contribution in [2.75, 3.05) is 18.1 Å². The molecule has 11 heteroatoms. The van der Waals surface area contributed by atoms with Crippen molar-refractivity contribution >= 4 is 71.5 Å². The topological polar surface area (TPSA) is 96.4 Å². The first-order chi connectivity index (χ1) is 14.6. The Hall–Kier alpha value is -2.20. The smallest absolute Gasteiger partial charge is 0.256 e. The molecule has 2 amide bonds. The number of aromatic nitrogens is 1. The number of hydrogen-bond donors (Lipinski definition) is 1. The summed E-state index contributed by atoms with van der Waals surface area (Å²) in [5.74, 6) is -0.710. The first-order valence-corrected chi connectivity index (χ1v) is 12.8. The van der Waals surface area contributed by atoms with E-state index in [9.17, 15) is 18.0 Å². The van der Waals surface area contributed by atoms with Crippen LogP contribution in [0.5, 0.6) is 0 Å². The van der Waals surface area contributed by atoms with E-state index in [1.165, 1.54) is 34.4 Å². The third-order valence-corrected chi connectivity index (χ3v) is 7.60. The van der Waals surface area contributed by atoms with Crippen LogP contribution in [-0.2, 0) is 14.6 Å². The summed E-state index contributed by atoms with van der Waals surface area (Å²) >= 11 is 13.3. The van der Waals surface area contributed by atoms with Gasteiger partial charge in [0.1, 0.15) is 6.04 Å². The normalized spacial score (nSPS) is 16.6. The van der Waals surface area contributed by atoms with E-state index >= 15 is 0 Å². The van der Waals surface area contributed by atoms with Gasteiger partial charge in [0, 0.05) is 17.8 Å². The molecule has 3 aromatic rings. The molecule has 2 aromatic carbocycles. The Bertz CT molecular complexity index is 1310. The molecule has 4 rings (SSSR count). The molecule has 0 bridgehead atoms. The molecule has 1 saturated heterocycles. The molecule has 7 nitrogen and oxygen atoms in total. The van der Waals surface area contributed by atoms with Crippen molar-refractivity contribution in [3.8, 4) is 0 Å². The fourth-order valence-electron chi connectivity index (χ4n) is 3.48. The minimum absolute atomic E-state index is 0.187. The third-order valence-electron chi connectivity index (χ3n) is 4.99.